The number of para-hydroxylation sites is 1. The van der Waals surface area contributed by atoms with Crippen molar-refractivity contribution in [3.63, 3.8) is 0 Å². The average molecular weight is 256 g/mol. The average Bonchev–Trinajstić information content (AvgIpc) is 2.97. The molecule has 3 rings (SSSR count). The maximum atomic E-state index is 11.3. The van der Waals surface area contributed by atoms with Crippen LogP contribution in [0.15, 0.2) is 36.8 Å². The number of hydrogen-bond acceptors (Lipinski definition) is 3. The van der Waals surface area contributed by atoms with Gasteiger partial charge in [-0.15, -0.1) is 0 Å². The van der Waals surface area contributed by atoms with E-state index in [1.165, 1.54) is 0 Å². The first kappa shape index (κ1) is 11.5. The summed E-state index contributed by atoms with van der Waals surface area (Å²) in [6, 6.07) is 6.98. The number of carboxylic acids is 1. The summed E-state index contributed by atoms with van der Waals surface area (Å²) in [5.74, 6) is -0.951. The second-order valence-electron chi connectivity index (χ2n) is 4.33. The molecule has 6 heteroatoms. The molecule has 0 bridgehead atoms. The van der Waals surface area contributed by atoms with Gasteiger partial charge in [-0.2, -0.15) is 5.10 Å². The number of nitrogens with zero attached hydrogens (tertiary/aromatic N) is 4. The van der Waals surface area contributed by atoms with Crippen LogP contribution in [0.5, 0.6) is 0 Å². The normalized spacial score (nSPS) is 11.0. The molecule has 3 aromatic rings. The van der Waals surface area contributed by atoms with Crippen molar-refractivity contribution in [2.45, 2.75) is 6.54 Å². The van der Waals surface area contributed by atoms with E-state index < -0.39 is 5.97 Å². The summed E-state index contributed by atoms with van der Waals surface area (Å²) in [6.45, 7) is 0.502. The summed E-state index contributed by atoms with van der Waals surface area (Å²) in [5, 5.41) is 13.5. The van der Waals surface area contributed by atoms with Gasteiger partial charge < -0.3 is 9.67 Å². The number of aromatic nitrogens is 4. The second-order valence-corrected chi connectivity index (χ2v) is 4.33. The lowest BCUT2D eigenvalue weighted by atomic mass is 10.2. The Morgan fingerprint density at radius 1 is 1.37 bits per heavy atom. The SMILES string of the molecule is Cn1ccc(Cn2cnc3cccc(C(=O)O)c32)n1. The van der Waals surface area contributed by atoms with Crippen molar-refractivity contribution in [2.75, 3.05) is 0 Å². The van der Waals surface area contributed by atoms with Crippen molar-refractivity contribution < 1.29 is 9.90 Å². The molecule has 0 saturated heterocycles. The zero-order chi connectivity index (χ0) is 13.4. The molecule has 0 radical (unpaired) electrons. The molecule has 0 atom stereocenters. The molecule has 0 amide bonds. The number of aryl methyl sites for hydroxylation is 1. The van der Waals surface area contributed by atoms with Crippen molar-refractivity contribution in [1.82, 2.24) is 19.3 Å². The van der Waals surface area contributed by atoms with Gasteiger partial charge in [-0.05, 0) is 18.2 Å². The van der Waals surface area contributed by atoms with E-state index in [0.29, 0.717) is 17.6 Å². The predicted molar refractivity (Wildman–Crippen MR) is 69.0 cm³/mol. The molecule has 0 saturated carbocycles. The third kappa shape index (κ3) is 1.97. The molecule has 0 aliphatic rings. The molecule has 0 aliphatic heterocycles. The van der Waals surface area contributed by atoms with Crippen molar-refractivity contribution in [1.29, 1.82) is 0 Å². The summed E-state index contributed by atoms with van der Waals surface area (Å²) >= 11 is 0. The second kappa shape index (κ2) is 4.24. The fourth-order valence-corrected chi connectivity index (χ4v) is 2.14. The van der Waals surface area contributed by atoms with Crippen LogP contribution in [0.1, 0.15) is 16.1 Å². The van der Waals surface area contributed by atoms with Crippen LogP contribution in [-0.2, 0) is 13.6 Å². The standard InChI is InChI=1S/C13H12N4O2/c1-16-6-5-9(15-16)7-17-8-14-11-4-2-3-10(12(11)17)13(18)19/h2-6,8H,7H2,1H3,(H,18,19). The van der Waals surface area contributed by atoms with Gasteiger partial charge >= 0.3 is 5.97 Å². The molecule has 1 N–H and O–H groups in total. The summed E-state index contributed by atoms with van der Waals surface area (Å²) in [4.78, 5) is 15.5. The Hall–Kier alpha value is -2.63. The van der Waals surface area contributed by atoms with Gasteiger partial charge in [0.1, 0.15) is 0 Å². The number of benzene rings is 1. The maximum absolute atomic E-state index is 11.3. The Morgan fingerprint density at radius 2 is 2.21 bits per heavy atom. The Bertz CT molecular complexity index is 757. The minimum atomic E-state index is -0.951. The zero-order valence-corrected chi connectivity index (χ0v) is 10.3. The first-order valence-electron chi connectivity index (χ1n) is 5.81. The largest absolute Gasteiger partial charge is 0.478 e. The lowest BCUT2D eigenvalue weighted by Gasteiger charge is -2.04. The van der Waals surface area contributed by atoms with Crippen LogP contribution in [0, 0.1) is 0 Å². The van der Waals surface area contributed by atoms with E-state index in [4.69, 9.17) is 0 Å². The van der Waals surface area contributed by atoms with Crippen LogP contribution in [0.4, 0.5) is 0 Å². The molecule has 0 aliphatic carbocycles. The first-order valence-corrected chi connectivity index (χ1v) is 5.81. The minimum Gasteiger partial charge on any atom is -0.478 e. The summed E-state index contributed by atoms with van der Waals surface area (Å²) in [7, 11) is 1.85. The van der Waals surface area contributed by atoms with Crippen LogP contribution < -0.4 is 0 Å². The number of aromatic carboxylic acids is 1. The highest BCUT2D eigenvalue weighted by atomic mass is 16.4. The van der Waals surface area contributed by atoms with Gasteiger partial charge in [0.15, 0.2) is 0 Å². The lowest BCUT2D eigenvalue weighted by molar-refractivity contribution is 0.0698. The molecular formula is C13H12N4O2. The first-order chi connectivity index (χ1) is 9.15. The molecule has 6 nitrogen and oxygen atoms in total. The summed E-state index contributed by atoms with van der Waals surface area (Å²) in [6.07, 6.45) is 3.50. The number of fused-ring (bicyclic) bond motifs is 1. The van der Waals surface area contributed by atoms with Gasteiger partial charge in [-0.3, -0.25) is 4.68 Å². The number of hydrogen-bond donors (Lipinski definition) is 1. The van der Waals surface area contributed by atoms with Gasteiger partial charge in [-0.1, -0.05) is 6.07 Å². The van der Waals surface area contributed by atoms with Crippen LogP contribution in [-0.4, -0.2) is 30.4 Å². The fourth-order valence-electron chi connectivity index (χ4n) is 2.14. The van der Waals surface area contributed by atoms with E-state index in [9.17, 15) is 9.90 Å². The van der Waals surface area contributed by atoms with Crippen molar-refractivity contribution in [3.05, 3.63) is 48.0 Å². The highest BCUT2D eigenvalue weighted by Gasteiger charge is 2.13. The van der Waals surface area contributed by atoms with E-state index in [2.05, 4.69) is 10.1 Å². The lowest BCUT2D eigenvalue weighted by Crippen LogP contribution is -2.04. The number of rotatable bonds is 3. The molecule has 2 aromatic heterocycles. The number of carboxylic acid groups (broad SMARTS) is 1. The van der Waals surface area contributed by atoms with E-state index in [0.717, 1.165) is 5.69 Å². The van der Waals surface area contributed by atoms with Crippen molar-refractivity contribution in [3.8, 4) is 0 Å². The van der Waals surface area contributed by atoms with E-state index >= 15 is 0 Å². The van der Waals surface area contributed by atoms with E-state index in [1.807, 2.05) is 19.3 Å². The van der Waals surface area contributed by atoms with Crippen LogP contribution in [0.25, 0.3) is 11.0 Å². The number of carbonyl (C=O) groups is 1. The van der Waals surface area contributed by atoms with Gasteiger partial charge in [0, 0.05) is 13.2 Å². The molecule has 19 heavy (non-hydrogen) atoms. The maximum Gasteiger partial charge on any atom is 0.337 e. The quantitative estimate of drug-likeness (QED) is 0.771. The van der Waals surface area contributed by atoms with E-state index in [1.54, 1.807) is 33.8 Å². The Labute approximate surface area is 108 Å². The molecule has 0 spiro atoms. The smallest absolute Gasteiger partial charge is 0.337 e. The molecule has 96 valence electrons. The van der Waals surface area contributed by atoms with Crippen LogP contribution in [0.2, 0.25) is 0 Å². The van der Waals surface area contributed by atoms with Crippen molar-refractivity contribution >= 4 is 17.0 Å². The van der Waals surface area contributed by atoms with Crippen LogP contribution in [0.3, 0.4) is 0 Å². The molecular weight excluding hydrogens is 244 g/mol. The highest BCUT2D eigenvalue weighted by Crippen LogP contribution is 2.19. The van der Waals surface area contributed by atoms with Crippen molar-refractivity contribution in [2.24, 2.45) is 7.05 Å². The minimum absolute atomic E-state index is 0.255. The van der Waals surface area contributed by atoms with Crippen LogP contribution >= 0.6 is 0 Å². The monoisotopic (exact) mass is 256 g/mol. The zero-order valence-electron chi connectivity index (χ0n) is 10.3. The Kier molecular flexibility index (Phi) is 2.56. The summed E-state index contributed by atoms with van der Waals surface area (Å²) < 4.78 is 3.52. The fraction of sp³-hybridized carbons (Fsp3) is 0.154. The predicted octanol–water partition coefficient (Wildman–Crippen LogP) is 1.52. The topological polar surface area (TPSA) is 72.9 Å². The molecule has 0 unspecified atom stereocenters. The molecule has 1 aromatic carbocycles. The Morgan fingerprint density at radius 3 is 2.89 bits per heavy atom. The van der Waals surface area contributed by atoms with Gasteiger partial charge in [-0.25, -0.2) is 9.78 Å². The summed E-state index contributed by atoms with van der Waals surface area (Å²) in [5.41, 5.74) is 2.42. The number of imidazole rings is 1. The van der Waals surface area contributed by atoms with Gasteiger partial charge in [0.05, 0.1) is 35.2 Å². The van der Waals surface area contributed by atoms with E-state index in [-0.39, 0.29) is 5.56 Å². The third-order valence-electron chi connectivity index (χ3n) is 2.97. The third-order valence-corrected chi connectivity index (χ3v) is 2.97. The molecule has 0 fully saturated rings. The highest BCUT2D eigenvalue weighted by molar-refractivity contribution is 6.01. The Balaban J connectivity index is 2.11. The van der Waals surface area contributed by atoms with Gasteiger partial charge in [0.2, 0.25) is 0 Å². The molecule has 2 heterocycles. The van der Waals surface area contributed by atoms with Gasteiger partial charge in [0.25, 0.3) is 0 Å².